The van der Waals surface area contributed by atoms with Crippen LogP contribution in [0.4, 0.5) is 0 Å². The number of carbonyl (C=O) groups excluding carboxylic acids is 1. The van der Waals surface area contributed by atoms with Crippen molar-refractivity contribution in [1.82, 2.24) is 4.72 Å². The Hall–Kier alpha value is -1.45. The van der Waals surface area contributed by atoms with Gasteiger partial charge < -0.3 is 9.84 Å². The number of rotatable bonds is 8. The molecule has 0 bridgehead atoms. The van der Waals surface area contributed by atoms with E-state index in [0.29, 0.717) is 4.88 Å². The van der Waals surface area contributed by atoms with Crippen molar-refractivity contribution in [2.75, 3.05) is 12.4 Å². The van der Waals surface area contributed by atoms with Gasteiger partial charge in [-0.25, -0.2) is 8.42 Å². The fraction of sp³-hybridized carbons (Fsp3) is 0.455. The van der Waals surface area contributed by atoms with Crippen molar-refractivity contribution in [3.63, 3.8) is 0 Å². The van der Waals surface area contributed by atoms with Gasteiger partial charge in [0.1, 0.15) is 0 Å². The third-order valence-corrected chi connectivity index (χ3v) is 4.53. The summed E-state index contributed by atoms with van der Waals surface area (Å²) in [4.78, 5) is 22.6. The van der Waals surface area contributed by atoms with Gasteiger partial charge in [0.2, 0.25) is 10.0 Å². The molecule has 0 aliphatic heterocycles. The number of esters is 1. The molecule has 1 unspecified atom stereocenters. The van der Waals surface area contributed by atoms with Crippen molar-refractivity contribution >= 4 is 33.3 Å². The Morgan fingerprint density at radius 3 is 2.70 bits per heavy atom. The summed E-state index contributed by atoms with van der Waals surface area (Å²) in [7, 11) is -3.89. The maximum Gasteiger partial charge on any atom is 0.327 e. The van der Waals surface area contributed by atoms with Crippen molar-refractivity contribution < 1.29 is 27.9 Å². The smallest absolute Gasteiger partial charge is 0.327 e. The van der Waals surface area contributed by atoms with E-state index in [4.69, 9.17) is 5.11 Å². The second kappa shape index (κ2) is 7.36. The van der Waals surface area contributed by atoms with Gasteiger partial charge in [-0.2, -0.15) is 4.72 Å². The number of carbonyl (C=O) groups is 2. The van der Waals surface area contributed by atoms with E-state index in [0.717, 1.165) is 11.3 Å². The first-order chi connectivity index (χ1) is 9.35. The predicted octanol–water partition coefficient (Wildman–Crippen LogP) is 0.746. The molecule has 7 nitrogen and oxygen atoms in total. The summed E-state index contributed by atoms with van der Waals surface area (Å²) in [6, 6.07) is 1.81. The van der Waals surface area contributed by atoms with Gasteiger partial charge in [0.25, 0.3) is 0 Å². The van der Waals surface area contributed by atoms with Crippen LogP contribution in [-0.4, -0.2) is 37.8 Å². The molecular weight excluding hydrogens is 306 g/mol. The van der Waals surface area contributed by atoms with Crippen LogP contribution in [0.2, 0.25) is 0 Å². The van der Waals surface area contributed by atoms with Crippen LogP contribution in [0, 0.1) is 0 Å². The lowest BCUT2D eigenvalue weighted by molar-refractivity contribution is -0.142. The molecule has 0 radical (unpaired) electrons. The molecule has 2 N–H and O–H groups in total. The van der Waals surface area contributed by atoms with Gasteiger partial charge in [-0.05, 0) is 18.4 Å². The van der Waals surface area contributed by atoms with E-state index in [2.05, 4.69) is 9.46 Å². The molecule has 1 rings (SSSR count). The highest BCUT2D eigenvalue weighted by molar-refractivity contribution is 7.89. The van der Waals surface area contributed by atoms with Crippen LogP contribution < -0.4 is 4.72 Å². The van der Waals surface area contributed by atoms with E-state index in [9.17, 15) is 18.0 Å². The molecule has 0 fully saturated rings. The Labute approximate surface area is 120 Å². The Bertz CT molecular complexity index is 551. The maximum atomic E-state index is 11.8. The van der Waals surface area contributed by atoms with Gasteiger partial charge >= 0.3 is 11.9 Å². The normalized spacial score (nSPS) is 12.8. The zero-order valence-corrected chi connectivity index (χ0v) is 12.4. The molecule has 112 valence electrons. The molecular formula is C11H15NO6S2. The number of carboxylic acids is 1. The zero-order valence-electron chi connectivity index (χ0n) is 10.7. The van der Waals surface area contributed by atoms with Gasteiger partial charge in [-0.15, -0.1) is 11.3 Å². The summed E-state index contributed by atoms with van der Waals surface area (Å²) in [6.45, 7) is 1.78. The zero-order chi connectivity index (χ0) is 15.2. The van der Waals surface area contributed by atoms with Crippen LogP contribution in [-0.2, 0) is 24.3 Å². The first kappa shape index (κ1) is 16.6. The van der Waals surface area contributed by atoms with E-state index in [1.54, 1.807) is 18.4 Å². The van der Waals surface area contributed by atoms with Gasteiger partial charge in [0.05, 0.1) is 18.8 Å². The highest BCUT2D eigenvalue weighted by Crippen LogP contribution is 2.20. The third-order valence-electron chi connectivity index (χ3n) is 2.25. The summed E-state index contributed by atoms with van der Waals surface area (Å²) in [5, 5.41) is 10.7. The molecule has 0 aliphatic carbocycles. The first-order valence-electron chi connectivity index (χ1n) is 5.77. The summed E-state index contributed by atoms with van der Waals surface area (Å²) >= 11 is 1.13. The standard InChI is InChI=1S/C11H15NO6S2/c1-2-18-9(13)5-7-20(16,17)12-10(11(14)15)8-4-3-6-19-8/h3-4,6,10,12H,2,5,7H2,1H3,(H,14,15). The van der Waals surface area contributed by atoms with Crippen molar-refractivity contribution in [3.8, 4) is 0 Å². The molecule has 1 aromatic rings. The van der Waals surface area contributed by atoms with Gasteiger partial charge in [-0.1, -0.05) is 6.07 Å². The minimum atomic E-state index is -3.89. The third kappa shape index (κ3) is 5.27. The number of ether oxygens (including phenoxy) is 1. The monoisotopic (exact) mass is 321 g/mol. The minimum Gasteiger partial charge on any atom is -0.480 e. The van der Waals surface area contributed by atoms with E-state index < -0.39 is 33.8 Å². The van der Waals surface area contributed by atoms with Crippen LogP contribution in [0.25, 0.3) is 0 Å². The van der Waals surface area contributed by atoms with Gasteiger partial charge in [-0.3, -0.25) is 9.59 Å². The average molecular weight is 321 g/mol. The summed E-state index contributed by atoms with van der Waals surface area (Å²) in [5.41, 5.74) is 0. The van der Waals surface area contributed by atoms with Gasteiger partial charge in [0, 0.05) is 4.88 Å². The molecule has 1 atom stereocenters. The molecule has 0 aliphatic rings. The molecule has 0 amide bonds. The van der Waals surface area contributed by atoms with E-state index in [1.165, 1.54) is 6.07 Å². The SMILES string of the molecule is CCOC(=O)CCS(=O)(=O)NC(C(=O)O)c1cccs1. The summed E-state index contributed by atoms with van der Waals surface area (Å²) in [5.74, 6) is -2.45. The molecule has 20 heavy (non-hydrogen) atoms. The lowest BCUT2D eigenvalue weighted by Crippen LogP contribution is -2.35. The van der Waals surface area contributed by atoms with Crippen molar-refractivity contribution in [1.29, 1.82) is 0 Å². The molecule has 0 saturated heterocycles. The Morgan fingerprint density at radius 2 is 2.20 bits per heavy atom. The van der Waals surface area contributed by atoms with Crippen molar-refractivity contribution in [2.45, 2.75) is 19.4 Å². The van der Waals surface area contributed by atoms with Crippen LogP contribution in [0.1, 0.15) is 24.3 Å². The minimum absolute atomic E-state index is 0.166. The highest BCUT2D eigenvalue weighted by atomic mass is 32.2. The predicted molar refractivity (Wildman–Crippen MR) is 72.9 cm³/mol. The second-order valence-electron chi connectivity index (χ2n) is 3.78. The molecule has 0 saturated carbocycles. The van der Waals surface area contributed by atoms with Crippen LogP contribution in [0.15, 0.2) is 17.5 Å². The van der Waals surface area contributed by atoms with Crippen molar-refractivity contribution in [2.24, 2.45) is 0 Å². The fourth-order valence-corrected chi connectivity index (χ4v) is 3.36. The Morgan fingerprint density at radius 1 is 1.50 bits per heavy atom. The number of sulfonamides is 1. The average Bonchev–Trinajstić information content (AvgIpc) is 2.87. The summed E-state index contributed by atoms with van der Waals surface area (Å²) in [6.07, 6.45) is -0.319. The topological polar surface area (TPSA) is 110 Å². The number of nitrogens with one attached hydrogen (secondary N) is 1. The lowest BCUT2D eigenvalue weighted by Gasteiger charge is -2.13. The Kier molecular flexibility index (Phi) is 6.11. The first-order valence-corrected chi connectivity index (χ1v) is 8.30. The number of carboxylic acid groups (broad SMARTS) is 1. The number of hydrogen-bond donors (Lipinski definition) is 2. The molecule has 0 spiro atoms. The largest absolute Gasteiger partial charge is 0.480 e. The Balaban J connectivity index is 2.68. The fourth-order valence-electron chi connectivity index (χ4n) is 1.38. The second-order valence-corrected chi connectivity index (χ2v) is 6.63. The molecule has 1 aromatic heterocycles. The maximum absolute atomic E-state index is 11.8. The summed E-state index contributed by atoms with van der Waals surface area (Å²) < 4.78 is 30.2. The number of aliphatic carboxylic acids is 1. The van der Waals surface area contributed by atoms with Crippen LogP contribution in [0.5, 0.6) is 0 Å². The number of thiophene rings is 1. The number of hydrogen-bond acceptors (Lipinski definition) is 6. The molecule has 0 aromatic carbocycles. The lowest BCUT2D eigenvalue weighted by atomic mass is 10.3. The van der Waals surface area contributed by atoms with E-state index >= 15 is 0 Å². The van der Waals surface area contributed by atoms with Gasteiger partial charge in [0.15, 0.2) is 6.04 Å². The highest BCUT2D eigenvalue weighted by Gasteiger charge is 2.26. The van der Waals surface area contributed by atoms with Crippen molar-refractivity contribution in [3.05, 3.63) is 22.4 Å². The quantitative estimate of drug-likeness (QED) is 0.684. The molecule has 1 heterocycles. The molecule has 9 heteroatoms. The van der Waals surface area contributed by atoms with Crippen LogP contribution in [0.3, 0.4) is 0 Å². The van der Waals surface area contributed by atoms with E-state index in [1.807, 2.05) is 0 Å². The van der Waals surface area contributed by atoms with E-state index in [-0.39, 0.29) is 13.0 Å². The van der Waals surface area contributed by atoms with Crippen LogP contribution >= 0.6 is 11.3 Å².